The molecular formula is C12H10N4O4S2. The Hall–Kier alpha value is -2.30. The third kappa shape index (κ3) is 2.84. The van der Waals surface area contributed by atoms with Gasteiger partial charge in [-0.1, -0.05) is 16.5 Å². The fourth-order valence-electron chi connectivity index (χ4n) is 1.77. The van der Waals surface area contributed by atoms with Crippen LogP contribution >= 0.6 is 11.3 Å². The van der Waals surface area contributed by atoms with Gasteiger partial charge in [0.05, 0.1) is 15.1 Å². The van der Waals surface area contributed by atoms with Crippen molar-refractivity contribution in [2.24, 2.45) is 5.14 Å². The molecule has 114 valence electrons. The number of hydrogen-bond acceptors (Lipinski definition) is 7. The number of nitrogens with one attached hydrogen (secondary N) is 1. The van der Waals surface area contributed by atoms with Crippen LogP contribution in [0.3, 0.4) is 0 Å². The van der Waals surface area contributed by atoms with Gasteiger partial charge in [-0.25, -0.2) is 18.5 Å². The first-order chi connectivity index (χ1) is 10.3. The number of hydrogen-bond donors (Lipinski definition) is 2. The number of thiazole rings is 1. The highest BCUT2D eigenvalue weighted by Crippen LogP contribution is 2.28. The number of amides is 1. The van der Waals surface area contributed by atoms with Crippen LogP contribution in [0.2, 0.25) is 0 Å². The molecule has 0 unspecified atom stereocenters. The molecule has 3 N–H and O–H groups in total. The Bertz CT molecular complexity index is 974. The summed E-state index contributed by atoms with van der Waals surface area (Å²) in [5, 5.41) is 11.6. The van der Waals surface area contributed by atoms with Crippen LogP contribution in [0.5, 0.6) is 0 Å². The molecule has 0 aliphatic heterocycles. The number of fused-ring (bicyclic) bond motifs is 1. The zero-order valence-corrected chi connectivity index (χ0v) is 12.9. The molecule has 0 saturated heterocycles. The Balaban J connectivity index is 1.90. The SMILES string of the molecule is Cc1cc(C(=O)Nc2nc3ccc(S(N)(=O)=O)cc3s2)no1. The fourth-order valence-corrected chi connectivity index (χ4v) is 3.28. The van der Waals surface area contributed by atoms with Crippen LogP contribution in [-0.2, 0) is 10.0 Å². The van der Waals surface area contributed by atoms with Gasteiger partial charge in [-0.05, 0) is 25.1 Å². The Kier molecular flexibility index (Phi) is 3.43. The van der Waals surface area contributed by atoms with E-state index in [-0.39, 0.29) is 10.6 Å². The van der Waals surface area contributed by atoms with Gasteiger partial charge >= 0.3 is 0 Å². The number of carbonyl (C=O) groups is 1. The Morgan fingerprint density at radius 3 is 2.77 bits per heavy atom. The summed E-state index contributed by atoms with van der Waals surface area (Å²) in [6, 6.07) is 5.81. The second-order valence-corrected chi connectivity index (χ2v) is 7.06. The van der Waals surface area contributed by atoms with Crippen molar-refractivity contribution in [3.63, 3.8) is 0 Å². The number of nitrogens with two attached hydrogens (primary N) is 1. The predicted molar refractivity (Wildman–Crippen MR) is 80.2 cm³/mol. The smallest absolute Gasteiger partial charge is 0.279 e. The fraction of sp³-hybridized carbons (Fsp3) is 0.0833. The largest absolute Gasteiger partial charge is 0.361 e. The van der Waals surface area contributed by atoms with Crippen molar-refractivity contribution in [2.75, 3.05) is 5.32 Å². The zero-order valence-electron chi connectivity index (χ0n) is 11.2. The quantitative estimate of drug-likeness (QED) is 0.744. The summed E-state index contributed by atoms with van der Waals surface area (Å²) < 4.78 is 28.1. The van der Waals surface area contributed by atoms with Crippen LogP contribution in [0.25, 0.3) is 10.2 Å². The minimum Gasteiger partial charge on any atom is -0.361 e. The molecule has 0 bridgehead atoms. The maximum Gasteiger partial charge on any atom is 0.279 e. The molecule has 8 nitrogen and oxygen atoms in total. The second-order valence-electron chi connectivity index (χ2n) is 4.47. The van der Waals surface area contributed by atoms with Crippen LogP contribution in [0.4, 0.5) is 5.13 Å². The van der Waals surface area contributed by atoms with E-state index in [1.165, 1.54) is 24.3 Å². The molecule has 0 saturated carbocycles. The van der Waals surface area contributed by atoms with Crippen LogP contribution < -0.4 is 10.5 Å². The number of aromatic nitrogens is 2. The van der Waals surface area contributed by atoms with E-state index < -0.39 is 15.9 Å². The molecule has 10 heteroatoms. The van der Waals surface area contributed by atoms with E-state index in [2.05, 4.69) is 15.5 Å². The second kappa shape index (κ2) is 5.16. The van der Waals surface area contributed by atoms with E-state index in [0.29, 0.717) is 21.1 Å². The molecule has 3 aromatic rings. The van der Waals surface area contributed by atoms with Gasteiger partial charge in [-0.2, -0.15) is 0 Å². The number of primary sulfonamides is 1. The third-order valence-corrected chi connectivity index (χ3v) is 4.61. The van der Waals surface area contributed by atoms with Gasteiger partial charge in [-0.15, -0.1) is 0 Å². The molecule has 0 atom stereocenters. The molecule has 0 radical (unpaired) electrons. The zero-order chi connectivity index (χ0) is 15.9. The van der Waals surface area contributed by atoms with E-state index in [4.69, 9.17) is 9.66 Å². The highest BCUT2D eigenvalue weighted by molar-refractivity contribution is 7.89. The lowest BCUT2D eigenvalue weighted by molar-refractivity contribution is 0.101. The Labute approximate surface area is 129 Å². The Morgan fingerprint density at radius 1 is 1.36 bits per heavy atom. The molecule has 2 heterocycles. The summed E-state index contributed by atoms with van der Waals surface area (Å²) in [7, 11) is -3.78. The van der Waals surface area contributed by atoms with E-state index in [0.717, 1.165) is 11.3 Å². The molecule has 0 spiro atoms. The van der Waals surface area contributed by atoms with Gasteiger partial charge < -0.3 is 4.52 Å². The normalized spacial score (nSPS) is 11.7. The van der Waals surface area contributed by atoms with Crippen molar-refractivity contribution in [1.29, 1.82) is 0 Å². The number of benzene rings is 1. The van der Waals surface area contributed by atoms with Crippen LogP contribution in [0, 0.1) is 6.92 Å². The number of anilines is 1. The highest BCUT2D eigenvalue weighted by atomic mass is 32.2. The molecule has 22 heavy (non-hydrogen) atoms. The van der Waals surface area contributed by atoms with Gasteiger partial charge in [0.1, 0.15) is 5.76 Å². The third-order valence-electron chi connectivity index (χ3n) is 2.77. The molecule has 0 aliphatic rings. The molecular weight excluding hydrogens is 328 g/mol. The van der Waals surface area contributed by atoms with Crippen molar-refractivity contribution in [3.8, 4) is 0 Å². The summed E-state index contributed by atoms with van der Waals surface area (Å²) in [6.45, 7) is 1.68. The maximum absolute atomic E-state index is 11.9. The average molecular weight is 338 g/mol. The highest BCUT2D eigenvalue weighted by Gasteiger charge is 2.15. The number of nitrogens with zero attached hydrogens (tertiary/aromatic N) is 2. The van der Waals surface area contributed by atoms with Crippen LogP contribution in [0.15, 0.2) is 33.7 Å². The van der Waals surface area contributed by atoms with Gasteiger partial charge in [0.25, 0.3) is 5.91 Å². The van der Waals surface area contributed by atoms with Gasteiger partial charge in [0, 0.05) is 6.07 Å². The molecule has 3 rings (SSSR count). The Morgan fingerprint density at radius 2 is 2.14 bits per heavy atom. The molecule has 0 fully saturated rings. The summed E-state index contributed by atoms with van der Waals surface area (Å²) >= 11 is 1.14. The first kappa shape index (κ1) is 14.6. The van der Waals surface area contributed by atoms with Crippen molar-refractivity contribution < 1.29 is 17.7 Å². The minimum atomic E-state index is -3.78. The van der Waals surface area contributed by atoms with E-state index >= 15 is 0 Å². The monoisotopic (exact) mass is 338 g/mol. The number of carbonyl (C=O) groups excluding carboxylic acids is 1. The molecule has 2 aromatic heterocycles. The van der Waals surface area contributed by atoms with Gasteiger partial charge in [0.2, 0.25) is 10.0 Å². The average Bonchev–Trinajstić information content (AvgIpc) is 3.02. The van der Waals surface area contributed by atoms with Crippen molar-refractivity contribution in [2.45, 2.75) is 11.8 Å². The lowest BCUT2D eigenvalue weighted by Crippen LogP contribution is -2.11. The summed E-state index contributed by atoms with van der Waals surface area (Å²) in [4.78, 5) is 16.1. The van der Waals surface area contributed by atoms with E-state index in [1.807, 2.05) is 0 Å². The van der Waals surface area contributed by atoms with Crippen LogP contribution in [-0.4, -0.2) is 24.5 Å². The van der Waals surface area contributed by atoms with E-state index in [9.17, 15) is 13.2 Å². The maximum atomic E-state index is 11.9. The summed E-state index contributed by atoms with van der Waals surface area (Å²) in [5.74, 6) is 0.0646. The topological polar surface area (TPSA) is 128 Å². The van der Waals surface area contributed by atoms with Crippen molar-refractivity contribution in [1.82, 2.24) is 10.1 Å². The van der Waals surface area contributed by atoms with Crippen LogP contribution in [0.1, 0.15) is 16.2 Å². The number of rotatable bonds is 3. The minimum absolute atomic E-state index is 0.00588. The number of sulfonamides is 1. The van der Waals surface area contributed by atoms with Gasteiger partial charge in [0.15, 0.2) is 10.8 Å². The lowest BCUT2D eigenvalue weighted by Gasteiger charge is -1.95. The first-order valence-electron chi connectivity index (χ1n) is 6.01. The first-order valence-corrected chi connectivity index (χ1v) is 8.37. The summed E-state index contributed by atoms with van der Waals surface area (Å²) in [6.07, 6.45) is 0. The molecule has 1 aromatic carbocycles. The summed E-state index contributed by atoms with van der Waals surface area (Å²) in [5.41, 5.74) is 0.700. The predicted octanol–water partition coefficient (Wildman–Crippen LogP) is 1.49. The molecule has 0 aliphatic carbocycles. The molecule has 1 amide bonds. The number of aryl methyl sites for hydroxylation is 1. The van der Waals surface area contributed by atoms with E-state index in [1.54, 1.807) is 6.92 Å². The standard InChI is InChI=1S/C12H10N4O4S2/c1-6-4-9(16-20-6)11(17)15-12-14-8-3-2-7(22(13,18)19)5-10(8)21-12/h2-5H,1H3,(H2,13,18,19)(H,14,15,17). The lowest BCUT2D eigenvalue weighted by atomic mass is 10.3. The van der Waals surface area contributed by atoms with Gasteiger partial charge in [-0.3, -0.25) is 10.1 Å². The van der Waals surface area contributed by atoms with Crippen molar-refractivity contribution in [3.05, 3.63) is 35.7 Å². The van der Waals surface area contributed by atoms with Crippen molar-refractivity contribution >= 4 is 42.6 Å².